The van der Waals surface area contributed by atoms with Gasteiger partial charge >= 0.3 is 0 Å². The average Bonchev–Trinajstić information content (AvgIpc) is 2.90. The largest absolute Gasteiger partial charge is 0.487 e. The minimum absolute atomic E-state index is 0.141. The Bertz CT molecular complexity index is 565. The Hall–Kier alpha value is -1.88. The van der Waals surface area contributed by atoms with E-state index in [4.69, 9.17) is 4.74 Å². The Labute approximate surface area is 118 Å². The molecule has 0 saturated carbocycles. The van der Waals surface area contributed by atoms with Crippen LogP contribution in [0.25, 0.3) is 0 Å². The molecule has 20 heavy (non-hydrogen) atoms. The summed E-state index contributed by atoms with van der Waals surface area (Å²) in [6.07, 6.45) is 3.35. The van der Waals surface area contributed by atoms with Gasteiger partial charge in [-0.1, -0.05) is 18.2 Å². The standard InChI is InChI=1S/C15H20N4O/c1-15(2)9-12(11-5-3-4-6-13(11)20-15)16-8-7-14-17-10-18-19-14/h3-6,10,12,16H,7-9H2,1-2H3,(H,17,18,19). The summed E-state index contributed by atoms with van der Waals surface area (Å²) < 4.78 is 6.03. The summed E-state index contributed by atoms with van der Waals surface area (Å²) in [5.74, 6) is 1.90. The van der Waals surface area contributed by atoms with E-state index >= 15 is 0 Å². The van der Waals surface area contributed by atoms with E-state index < -0.39 is 0 Å². The molecule has 2 heterocycles. The highest BCUT2D eigenvalue weighted by Crippen LogP contribution is 2.38. The van der Waals surface area contributed by atoms with Crippen LogP contribution in [-0.4, -0.2) is 27.3 Å². The fourth-order valence-corrected chi connectivity index (χ4v) is 2.70. The number of aromatic amines is 1. The van der Waals surface area contributed by atoms with Crippen molar-refractivity contribution in [2.75, 3.05) is 6.54 Å². The summed E-state index contributed by atoms with van der Waals surface area (Å²) in [7, 11) is 0. The van der Waals surface area contributed by atoms with Crippen LogP contribution in [-0.2, 0) is 6.42 Å². The van der Waals surface area contributed by atoms with Crippen LogP contribution in [0.2, 0.25) is 0 Å². The number of fused-ring (bicyclic) bond motifs is 1. The van der Waals surface area contributed by atoms with Crippen LogP contribution in [0.4, 0.5) is 0 Å². The molecule has 0 amide bonds. The first-order chi connectivity index (χ1) is 9.64. The van der Waals surface area contributed by atoms with Crippen molar-refractivity contribution < 1.29 is 4.74 Å². The van der Waals surface area contributed by atoms with Crippen LogP contribution in [0.5, 0.6) is 5.75 Å². The van der Waals surface area contributed by atoms with E-state index in [2.05, 4.69) is 46.5 Å². The van der Waals surface area contributed by atoms with Crippen LogP contribution < -0.4 is 10.1 Å². The lowest BCUT2D eigenvalue weighted by Gasteiger charge is -2.38. The highest BCUT2D eigenvalue weighted by Gasteiger charge is 2.32. The number of aromatic nitrogens is 3. The van der Waals surface area contributed by atoms with Gasteiger partial charge in [0.1, 0.15) is 23.5 Å². The van der Waals surface area contributed by atoms with E-state index in [1.165, 1.54) is 5.56 Å². The number of para-hydroxylation sites is 1. The number of nitrogens with zero attached hydrogens (tertiary/aromatic N) is 2. The zero-order chi connectivity index (χ0) is 14.0. The number of hydrogen-bond acceptors (Lipinski definition) is 4. The average molecular weight is 272 g/mol. The molecule has 1 aromatic heterocycles. The molecule has 2 aromatic rings. The molecule has 1 aromatic carbocycles. The molecular formula is C15H20N4O. The highest BCUT2D eigenvalue weighted by molar-refractivity contribution is 5.38. The molecule has 1 aliphatic rings. The van der Waals surface area contributed by atoms with E-state index in [1.807, 2.05) is 12.1 Å². The molecule has 1 atom stereocenters. The van der Waals surface area contributed by atoms with Gasteiger partial charge in [-0.25, -0.2) is 4.98 Å². The maximum atomic E-state index is 6.03. The molecule has 3 rings (SSSR count). The van der Waals surface area contributed by atoms with Crippen LogP contribution in [0, 0.1) is 0 Å². The number of benzene rings is 1. The molecule has 106 valence electrons. The van der Waals surface area contributed by atoms with Crippen molar-refractivity contribution in [3.8, 4) is 5.75 Å². The fraction of sp³-hybridized carbons (Fsp3) is 0.467. The molecule has 0 spiro atoms. The lowest BCUT2D eigenvalue weighted by Crippen LogP contribution is -2.40. The van der Waals surface area contributed by atoms with Crippen molar-refractivity contribution in [3.63, 3.8) is 0 Å². The van der Waals surface area contributed by atoms with Crippen molar-refractivity contribution in [2.24, 2.45) is 0 Å². The van der Waals surface area contributed by atoms with Gasteiger partial charge in [-0.15, -0.1) is 0 Å². The third-order valence-electron chi connectivity index (χ3n) is 3.59. The minimum atomic E-state index is -0.141. The Kier molecular flexibility index (Phi) is 3.44. The van der Waals surface area contributed by atoms with Crippen molar-refractivity contribution in [3.05, 3.63) is 42.0 Å². The molecule has 2 N–H and O–H groups in total. The van der Waals surface area contributed by atoms with E-state index in [1.54, 1.807) is 6.33 Å². The van der Waals surface area contributed by atoms with Gasteiger partial charge in [0.25, 0.3) is 0 Å². The Balaban J connectivity index is 1.69. The predicted octanol–water partition coefficient (Wildman–Crippen LogP) is 2.24. The molecule has 0 fully saturated rings. The van der Waals surface area contributed by atoms with E-state index in [0.29, 0.717) is 6.04 Å². The van der Waals surface area contributed by atoms with E-state index in [9.17, 15) is 0 Å². The molecule has 1 aliphatic heterocycles. The maximum absolute atomic E-state index is 6.03. The number of nitrogens with one attached hydrogen (secondary N) is 2. The van der Waals surface area contributed by atoms with E-state index in [0.717, 1.165) is 31.0 Å². The smallest absolute Gasteiger partial charge is 0.137 e. The fourth-order valence-electron chi connectivity index (χ4n) is 2.70. The normalized spacial score (nSPS) is 20.2. The monoisotopic (exact) mass is 272 g/mol. The predicted molar refractivity (Wildman–Crippen MR) is 76.6 cm³/mol. The Morgan fingerprint density at radius 2 is 2.25 bits per heavy atom. The first-order valence-corrected chi connectivity index (χ1v) is 7.00. The summed E-state index contributed by atoms with van der Waals surface area (Å²) in [6.45, 7) is 5.13. The lowest BCUT2D eigenvalue weighted by atomic mass is 9.89. The first kappa shape index (κ1) is 13.1. The van der Waals surface area contributed by atoms with Crippen molar-refractivity contribution in [1.82, 2.24) is 20.5 Å². The summed E-state index contributed by atoms with van der Waals surface area (Å²) in [5.41, 5.74) is 1.10. The Morgan fingerprint density at radius 1 is 1.40 bits per heavy atom. The minimum Gasteiger partial charge on any atom is -0.487 e. The molecule has 0 aliphatic carbocycles. The number of H-pyrrole nitrogens is 1. The van der Waals surface area contributed by atoms with Crippen molar-refractivity contribution in [2.45, 2.75) is 38.3 Å². The summed E-state index contributed by atoms with van der Waals surface area (Å²) in [4.78, 5) is 4.14. The van der Waals surface area contributed by atoms with Crippen molar-refractivity contribution >= 4 is 0 Å². The SMILES string of the molecule is CC1(C)CC(NCCc2ncn[nH]2)c2ccccc2O1. The topological polar surface area (TPSA) is 62.8 Å². The highest BCUT2D eigenvalue weighted by atomic mass is 16.5. The van der Waals surface area contributed by atoms with Crippen LogP contribution >= 0.6 is 0 Å². The van der Waals surface area contributed by atoms with Gasteiger partial charge in [0.15, 0.2) is 0 Å². The molecule has 5 nitrogen and oxygen atoms in total. The van der Waals surface area contributed by atoms with Crippen LogP contribution in [0.15, 0.2) is 30.6 Å². The van der Waals surface area contributed by atoms with Gasteiger partial charge in [-0.3, -0.25) is 5.10 Å². The molecular weight excluding hydrogens is 252 g/mol. The second kappa shape index (κ2) is 5.25. The molecule has 0 radical (unpaired) electrons. The zero-order valence-electron chi connectivity index (χ0n) is 11.9. The molecule has 5 heteroatoms. The van der Waals surface area contributed by atoms with Gasteiger partial charge in [0.05, 0.1) is 0 Å². The van der Waals surface area contributed by atoms with Gasteiger partial charge in [0, 0.05) is 31.0 Å². The summed E-state index contributed by atoms with van der Waals surface area (Å²) >= 11 is 0. The van der Waals surface area contributed by atoms with Gasteiger partial charge in [0.2, 0.25) is 0 Å². The zero-order valence-corrected chi connectivity index (χ0v) is 11.9. The van der Waals surface area contributed by atoms with Crippen LogP contribution in [0.3, 0.4) is 0 Å². The first-order valence-electron chi connectivity index (χ1n) is 7.00. The van der Waals surface area contributed by atoms with E-state index in [-0.39, 0.29) is 5.60 Å². The lowest BCUT2D eigenvalue weighted by molar-refractivity contribution is 0.0662. The number of rotatable bonds is 4. The Morgan fingerprint density at radius 3 is 3.05 bits per heavy atom. The summed E-state index contributed by atoms with van der Waals surface area (Å²) in [5, 5.41) is 10.4. The molecule has 0 bridgehead atoms. The van der Waals surface area contributed by atoms with Gasteiger partial charge < -0.3 is 10.1 Å². The quantitative estimate of drug-likeness (QED) is 0.896. The maximum Gasteiger partial charge on any atom is 0.137 e. The molecule has 0 saturated heterocycles. The number of hydrogen-bond donors (Lipinski definition) is 2. The third kappa shape index (κ3) is 2.82. The second-order valence-corrected chi connectivity index (χ2v) is 5.79. The molecule has 1 unspecified atom stereocenters. The summed E-state index contributed by atoms with van der Waals surface area (Å²) in [6, 6.07) is 8.58. The van der Waals surface area contributed by atoms with Gasteiger partial charge in [-0.2, -0.15) is 5.10 Å². The third-order valence-corrected chi connectivity index (χ3v) is 3.59. The number of ether oxygens (including phenoxy) is 1. The van der Waals surface area contributed by atoms with Crippen LogP contribution in [0.1, 0.15) is 37.7 Å². The second-order valence-electron chi connectivity index (χ2n) is 5.79. The van der Waals surface area contributed by atoms with Crippen molar-refractivity contribution in [1.29, 1.82) is 0 Å². The van der Waals surface area contributed by atoms with Gasteiger partial charge in [-0.05, 0) is 19.9 Å².